The predicted molar refractivity (Wildman–Crippen MR) is 130 cm³/mol. The van der Waals surface area contributed by atoms with Gasteiger partial charge < -0.3 is 19.7 Å². The fourth-order valence-electron chi connectivity index (χ4n) is 4.74. The second-order valence-corrected chi connectivity index (χ2v) is 12.7. The van der Waals surface area contributed by atoms with Gasteiger partial charge >= 0.3 is 7.60 Å². The van der Waals surface area contributed by atoms with Gasteiger partial charge in [0.05, 0.1) is 35.5 Å². The van der Waals surface area contributed by atoms with Crippen LogP contribution in [0.1, 0.15) is 62.3 Å². The molecule has 1 aliphatic rings. The van der Waals surface area contributed by atoms with Crippen molar-refractivity contribution < 1.29 is 32.7 Å². The molecule has 0 aromatic heterocycles. The Bertz CT molecular complexity index is 1150. The molecule has 2 aromatic carbocycles. The zero-order chi connectivity index (χ0) is 25.1. The van der Waals surface area contributed by atoms with Crippen molar-refractivity contribution in [2.45, 2.75) is 62.4 Å². The third kappa shape index (κ3) is 5.56. The molecule has 0 bridgehead atoms. The number of hydrogen-bond donors (Lipinski definition) is 3. The van der Waals surface area contributed by atoms with Crippen molar-refractivity contribution in [1.82, 2.24) is 5.06 Å². The highest BCUT2D eigenvalue weighted by Gasteiger charge is 2.48. The maximum atomic E-state index is 13.8. The molecule has 188 valence electrons. The van der Waals surface area contributed by atoms with Gasteiger partial charge in [-0.2, -0.15) is 5.06 Å². The highest BCUT2D eigenvalue weighted by molar-refractivity contribution is 7.91. The van der Waals surface area contributed by atoms with Crippen molar-refractivity contribution in [3.05, 3.63) is 59.2 Å². The van der Waals surface area contributed by atoms with Gasteiger partial charge in [0.2, 0.25) is 0 Å². The Morgan fingerprint density at radius 2 is 1.85 bits per heavy atom. The Morgan fingerprint density at radius 3 is 2.41 bits per heavy atom. The first-order valence-corrected chi connectivity index (χ1v) is 14.9. The minimum atomic E-state index is -4.29. The molecule has 0 amide bonds. The second kappa shape index (κ2) is 10.5. The molecular weight excluding hydrogens is 477 g/mol. The van der Waals surface area contributed by atoms with Crippen LogP contribution in [0.5, 0.6) is 5.75 Å². The van der Waals surface area contributed by atoms with Gasteiger partial charge in [-0.1, -0.05) is 57.0 Å². The molecule has 8 nitrogen and oxygen atoms in total. The van der Waals surface area contributed by atoms with Gasteiger partial charge in [0.1, 0.15) is 5.75 Å². The Labute approximate surface area is 201 Å². The molecule has 3 N–H and O–H groups in total. The van der Waals surface area contributed by atoms with Crippen molar-refractivity contribution in [1.29, 1.82) is 0 Å². The first kappa shape index (κ1) is 26.9. The highest BCUT2D eigenvalue weighted by atomic mass is 32.2. The lowest BCUT2D eigenvalue weighted by Crippen LogP contribution is -2.51. The molecule has 34 heavy (non-hydrogen) atoms. The lowest BCUT2D eigenvalue weighted by molar-refractivity contribution is -0.193. The number of rotatable bonds is 9. The number of fused-ring (bicyclic) bond motifs is 1. The molecule has 1 heterocycles. The van der Waals surface area contributed by atoms with E-state index in [2.05, 4.69) is 0 Å². The van der Waals surface area contributed by atoms with Gasteiger partial charge in [-0.3, -0.25) is 4.57 Å². The number of methoxy groups -OCH3 is 1. The van der Waals surface area contributed by atoms with E-state index >= 15 is 0 Å². The summed E-state index contributed by atoms with van der Waals surface area (Å²) >= 11 is 0. The van der Waals surface area contributed by atoms with Gasteiger partial charge in [-0.25, -0.2) is 8.42 Å². The van der Waals surface area contributed by atoms with Crippen LogP contribution in [-0.2, 0) is 20.8 Å². The molecule has 0 fully saturated rings. The van der Waals surface area contributed by atoms with Crippen LogP contribution in [0.4, 0.5) is 0 Å². The number of unbranched alkanes of at least 4 members (excludes halogenated alkanes) is 1. The number of sulfone groups is 1. The van der Waals surface area contributed by atoms with Crippen molar-refractivity contribution in [3.8, 4) is 5.75 Å². The van der Waals surface area contributed by atoms with E-state index in [0.717, 1.165) is 18.4 Å². The van der Waals surface area contributed by atoms with E-state index in [1.165, 1.54) is 18.2 Å². The van der Waals surface area contributed by atoms with E-state index in [-0.39, 0.29) is 17.1 Å². The Morgan fingerprint density at radius 1 is 1.18 bits per heavy atom. The number of hydroxylamine groups is 2. The first-order chi connectivity index (χ1) is 16.0. The molecule has 0 saturated heterocycles. The minimum Gasteiger partial charge on any atom is -0.496 e. The molecule has 3 rings (SSSR count). The van der Waals surface area contributed by atoms with E-state index in [0.29, 0.717) is 29.7 Å². The van der Waals surface area contributed by atoms with Crippen LogP contribution in [0.15, 0.2) is 47.4 Å². The average Bonchev–Trinajstić information content (AvgIpc) is 2.86. The van der Waals surface area contributed by atoms with Crippen molar-refractivity contribution in [2.75, 3.05) is 19.0 Å². The standard InChI is InChI=1S/C24H34NO7PS/c1-4-6-13-24(5-2)17-34(30,31)22-15-19(12-14-33(27,28)29)21(32-3)16-20(22)23(25(24)26)18-10-8-7-9-11-18/h7-11,15-16,23,26H,4-6,12-14,17H2,1-3H3,(H2,27,28,29)/t23-,24-/m1/s1. The lowest BCUT2D eigenvalue weighted by atomic mass is 9.87. The van der Waals surface area contributed by atoms with Crippen LogP contribution < -0.4 is 4.74 Å². The summed E-state index contributed by atoms with van der Waals surface area (Å²) in [5.41, 5.74) is 0.537. The Kier molecular flexibility index (Phi) is 8.28. The lowest BCUT2D eigenvalue weighted by Gasteiger charge is -2.42. The maximum Gasteiger partial charge on any atom is 0.325 e. The van der Waals surface area contributed by atoms with Crippen LogP contribution in [0.2, 0.25) is 0 Å². The summed E-state index contributed by atoms with van der Waals surface area (Å²) < 4.78 is 44.5. The molecule has 1 aliphatic heterocycles. The normalized spacial score (nSPS) is 22.7. The number of benzene rings is 2. The molecule has 0 aliphatic carbocycles. The first-order valence-electron chi connectivity index (χ1n) is 11.5. The van der Waals surface area contributed by atoms with Crippen LogP contribution in [0, 0.1) is 0 Å². The number of ether oxygens (including phenoxy) is 1. The summed E-state index contributed by atoms with van der Waals surface area (Å²) in [7, 11) is -6.72. The summed E-state index contributed by atoms with van der Waals surface area (Å²) in [5, 5.41) is 12.9. The highest BCUT2D eigenvalue weighted by Crippen LogP contribution is 2.46. The SMILES string of the molecule is CCCC[C@]1(CC)CS(=O)(=O)c2cc(CCP(=O)(O)O)c(OC)cc2[C@@H](c2ccccc2)N1O. The van der Waals surface area contributed by atoms with Gasteiger partial charge in [0, 0.05) is 0 Å². The van der Waals surface area contributed by atoms with E-state index in [9.17, 15) is 28.0 Å². The van der Waals surface area contributed by atoms with Gasteiger partial charge in [0.25, 0.3) is 0 Å². The number of nitrogens with zero attached hydrogens (tertiary/aromatic N) is 1. The summed E-state index contributed by atoms with van der Waals surface area (Å²) in [6, 6.07) is 11.5. The quantitative estimate of drug-likeness (QED) is 0.425. The molecule has 2 atom stereocenters. The number of aryl methyl sites for hydroxylation is 1. The van der Waals surface area contributed by atoms with E-state index < -0.39 is 35.2 Å². The van der Waals surface area contributed by atoms with Crippen LogP contribution in [0.3, 0.4) is 0 Å². The summed E-state index contributed by atoms with van der Waals surface area (Å²) in [6.45, 7) is 3.91. The average molecular weight is 512 g/mol. The van der Waals surface area contributed by atoms with Gasteiger partial charge in [0.15, 0.2) is 9.84 Å². The maximum absolute atomic E-state index is 13.8. The Balaban J connectivity index is 2.29. The van der Waals surface area contributed by atoms with E-state index in [4.69, 9.17) is 4.74 Å². The minimum absolute atomic E-state index is 0.0378. The Hall–Kier alpha value is -1.74. The van der Waals surface area contributed by atoms with Crippen molar-refractivity contribution in [2.24, 2.45) is 0 Å². The molecule has 0 radical (unpaired) electrons. The van der Waals surface area contributed by atoms with Gasteiger partial charge in [-0.05, 0) is 48.1 Å². The zero-order valence-electron chi connectivity index (χ0n) is 19.8. The van der Waals surface area contributed by atoms with Crippen molar-refractivity contribution in [3.63, 3.8) is 0 Å². The summed E-state index contributed by atoms with van der Waals surface area (Å²) in [4.78, 5) is 18.8. The fraction of sp³-hybridized carbons (Fsp3) is 0.500. The van der Waals surface area contributed by atoms with Crippen LogP contribution in [0.25, 0.3) is 0 Å². The fourth-order valence-corrected chi connectivity index (χ4v) is 7.47. The van der Waals surface area contributed by atoms with Crippen molar-refractivity contribution >= 4 is 17.4 Å². The largest absolute Gasteiger partial charge is 0.496 e. The monoisotopic (exact) mass is 511 g/mol. The molecule has 10 heteroatoms. The van der Waals surface area contributed by atoms with Crippen LogP contribution >= 0.6 is 7.60 Å². The summed E-state index contributed by atoms with van der Waals surface area (Å²) in [5.74, 6) is 0.0717. The molecule has 0 spiro atoms. The smallest absolute Gasteiger partial charge is 0.325 e. The zero-order valence-corrected chi connectivity index (χ0v) is 21.6. The van der Waals surface area contributed by atoms with E-state index in [1.807, 2.05) is 44.2 Å². The summed E-state index contributed by atoms with van der Waals surface area (Å²) in [6.07, 6.45) is 2.10. The molecule has 0 saturated carbocycles. The molecule has 0 unspecified atom stereocenters. The van der Waals surface area contributed by atoms with E-state index in [1.54, 1.807) is 6.07 Å². The third-order valence-corrected chi connectivity index (χ3v) is 9.42. The number of hydrogen-bond acceptors (Lipinski definition) is 6. The predicted octanol–water partition coefficient (Wildman–Crippen LogP) is 4.32. The van der Waals surface area contributed by atoms with Gasteiger partial charge in [-0.15, -0.1) is 0 Å². The van der Waals surface area contributed by atoms with Crippen LogP contribution in [-0.4, -0.2) is 53.0 Å². The second-order valence-electron chi connectivity index (χ2n) is 8.94. The molecule has 2 aromatic rings. The third-order valence-electron chi connectivity index (χ3n) is 6.67. The topological polar surface area (TPSA) is 124 Å². The molecular formula is C24H34NO7PS.